The summed E-state index contributed by atoms with van der Waals surface area (Å²) in [6.07, 6.45) is 1.24. The zero-order valence-electron chi connectivity index (χ0n) is 9.64. The Bertz CT molecular complexity index is 345. The van der Waals surface area contributed by atoms with Crippen LogP contribution in [-0.2, 0) is 15.0 Å². The highest BCUT2D eigenvalue weighted by molar-refractivity contribution is 7.86. The lowest BCUT2D eigenvalue weighted by Gasteiger charge is -2.30. The molecular formula is C9H19N3O3S. The van der Waals surface area contributed by atoms with Crippen LogP contribution in [0.5, 0.6) is 0 Å². The lowest BCUT2D eigenvalue weighted by atomic mass is 10.1. The van der Waals surface area contributed by atoms with Crippen molar-refractivity contribution in [3.8, 4) is 0 Å². The molecule has 0 unspecified atom stereocenters. The Morgan fingerprint density at radius 2 is 1.88 bits per heavy atom. The molecule has 1 saturated heterocycles. The number of carbonyl (C=O) groups is 1. The predicted octanol–water partition coefficient (Wildman–Crippen LogP) is -0.573. The minimum atomic E-state index is -3.57. The van der Waals surface area contributed by atoms with Gasteiger partial charge in [0.1, 0.15) is 0 Å². The molecular weight excluding hydrogens is 230 g/mol. The van der Waals surface area contributed by atoms with Gasteiger partial charge in [-0.2, -0.15) is 12.7 Å². The molecule has 1 aliphatic rings. The maximum absolute atomic E-state index is 11.4. The van der Waals surface area contributed by atoms with Crippen molar-refractivity contribution in [3.63, 3.8) is 0 Å². The molecule has 0 aromatic carbocycles. The van der Waals surface area contributed by atoms with Crippen LogP contribution in [-0.4, -0.2) is 37.8 Å². The van der Waals surface area contributed by atoms with Gasteiger partial charge >= 0.3 is 0 Å². The Balaban J connectivity index is 2.41. The fraction of sp³-hybridized carbons (Fsp3) is 0.889. The van der Waals surface area contributed by atoms with Gasteiger partial charge in [0.05, 0.1) is 0 Å². The minimum Gasteiger partial charge on any atom is -0.353 e. The molecule has 7 heteroatoms. The molecule has 94 valence electrons. The first kappa shape index (κ1) is 13.4. The van der Waals surface area contributed by atoms with Crippen LogP contribution in [0.15, 0.2) is 0 Å². The number of hydrogen-bond donors (Lipinski definition) is 2. The van der Waals surface area contributed by atoms with E-state index in [1.807, 2.05) is 13.8 Å². The monoisotopic (exact) mass is 249 g/mol. The molecule has 16 heavy (non-hydrogen) atoms. The van der Waals surface area contributed by atoms with E-state index in [2.05, 4.69) is 5.32 Å². The zero-order valence-corrected chi connectivity index (χ0v) is 10.5. The molecule has 3 N–H and O–H groups in total. The minimum absolute atomic E-state index is 0.00838. The lowest BCUT2D eigenvalue weighted by molar-refractivity contribution is -0.124. The van der Waals surface area contributed by atoms with Crippen molar-refractivity contribution in [2.24, 2.45) is 11.1 Å². The number of hydrogen-bond acceptors (Lipinski definition) is 3. The second kappa shape index (κ2) is 5.11. The van der Waals surface area contributed by atoms with Gasteiger partial charge in [-0.1, -0.05) is 13.8 Å². The van der Waals surface area contributed by atoms with Crippen LogP contribution in [0.4, 0.5) is 0 Å². The summed E-state index contributed by atoms with van der Waals surface area (Å²) in [5, 5.41) is 7.90. The summed E-state index contributed by atoms with van der Waals surface area (Å²) in [5.41, 5.74) is 0. The standard InChI is InChI=1S/C9H19N3O3S/c1-7(2)9(13)11-8-3-5-12(6-4-8)16(10,14)15/h7-8H,3-6H2,1-2H3,(H,11,13)(H2,10,14,15). The molecule has 0 aromatic rings. The first-order valence-electron chi connectivity index (χ1n) is 5.39. The number of carbonyl (C=O) groups excluding carboxylic acids is 1. The SMILES string of the molecule is CC(C)C(=O)NC1CCN(S(N)(=O)=O)CC1. The maximum atomic E-state index is 11.4. The van der Waals surface area contributed by atoms with E-state index >= 15 is 0 Å². The van der Waals surface area contributed by atoms with E-state index in [1.54, 1.807) is 0 Å². The van der Waals surface area contributed by atoms with E-state index in [1.165, 1.54) is 4.31 Å². The van der Waals surface area contributed by atoms with E-state index in [-0.39, 0.29) is 17.9 Å². The Hall–Kier alpha value is -0.660. The van der Waals surface area contributed by atoms with Crippen LogP contribution in [0.3, 0.4) is 0 Å². The van der Waals surface area contributed by atoms with Gasteiger partial charge in [0.15, 0.2) is 0 Å². The number of amides is 1. The second-order valence-electron chi connectivity index (χ2n) is 4.38. The molecule has 0 bridgehead atoms. The van der Waals surface area contributed by atoms with Gasteiger partial charge in [-0.15, -0.1) is 0 Å². The number of nitrogens with zero attached hydrogens (tertiary/aromatic N) is 1. The van der Waals surface area contributed by atoms with Crippen LogP contribution in [0, 0.1) is 5.92 Å². The summed E-state index contributed by atoms with van der Waals surface area (Å²) in [7, 11) is -3.57. The highest BCUT2D eigenvalue weighted by Gasteiger charge is 2.26. The Labute approximate surface area is 96.4 Å². The van der Waals surface area contributed by atoms with Crippen molar-refractivity contribution in [2.45, 2.75) is 32.7 Å². The maximum Gasteiger partial charge on any atom is 0.276 e. The van der Waals surface area contributed by atoms with Crippen LogP contribution >= 0.6 is 0 Å². The van der Waals surface area contributed by atoms with Crippen molar-refractivity contribution in [1.82, 2.24) is 9.62 Å². The number of nitrogens with one attached hydrogen (secondary N) is 1. The largest absolute Gasteiger partial charge is 0.353 e. The second-order valence-corrected chi connectivity index (χ2v) is 5.93. The third kappa shape index (κ3) is 3.73. The van der Waals surface area contributed by atoms with Crippen molar-refractivity contribution in [3.05, 3.63) is 0 Å². The molecule has 0 aromatic heterocycles. The van der Waals surface area contributed by atoms with Gasteiger partial charge < -0.3 is 5.32 Å². The van der Waals surface area contributed by atoms with Gasteiger partial charge in [-0.25, -0.2) is 5.14 Å². The van der Waals surface area contributed by atoms with Crippen molar-refractivity contribution in [2.75, 3.05) is 13.1 Å². The summed E-state index contributed by atoms with van der Waals surface area (Å²) < 4.78 is 23.3. The van der Waals surface area contributed by atoms with Crippen LogP contribution in [0.1, 0.15) is 26.7 Å². The molecule has 6 nitrogen and oxygen atoms in total. The Morgan fingerprint density at radius 1 is 1.38 bits per heavy atom. The summed E-state index contributed by atoms with van der Waals surface area (Å²) >= 11 is 0. The topological polar surface area (TPSA) is 92.5 Å². The molecule has 0 spiro atoms. The van der Waals surface area contributed by atoms with Gasteiger partial charge in [0.25, 0.3) is 10.2 Å². The fourth-order valence-electron chi connectivity index (χ4n) is 1.62. The van der Waals surface area contributed by atoms with E-state index in [0.29, 0.717) is 25.9 Å². The molecule has 0 saturated carbocycles. The molecule has 0 radical (unpaired) electrons. The zero-order chi connectivity index (χ0) is 12.3. The number of rotatable bonds is 3. The van der Waals surface area contributed by atoms with Gasteiger partial charge in [0, 0.05) is 25.0 Å². The van der Waals surface area contributed by atoms with Crippen molar-refractivity contribution in [1.29, 1.82) is 0 Å². The molecule has 0 aliphatic carbocycles. The molecule has 1 fully saturated rings. The van der Waals surface area contributed by atoms with Crippen LogP contribution in [0.2, 0.25) is 0 Å². The summed E-state index contributed by atoms with van der Waals surface area (Å²) in [6.45, 7) is 4.41. The highest BCUT2D eigenvalue weighted by atomic mass is 32.2. The van der Waals surface area contributed by atoms with E-state index in [0.717, 1.165) is 0 Å². The third-order valence-electron chi connectivity index (χ3n) is 2.68. The normalized spacial score (nSPS) is 20.0. The third-order valence-corrected chi connectivity index (χ3v) is 3.77. The quantitative estimate of drug-likeness (QED) is 0.701. The Morgan fingerprint density at radius 3 is 2.25 bits per heavy atom. The van der Waals surface area contributed by atoms with Crippen molar-refractivity contribution >= 4 is 16.1 Å². The lowest BCUT2D eigenvalue weighted by Crippen LogP contribution is -2.48. The molecule has 1 heterocycles. The Kier molecular flexibility index (Phi) is 4.28. The highest BCUT2D eigenvalue weighted by Crippen LogP contribution is 2.12. The predicted molar refractivity (Wildman–Crippen MR) is 60.7 cm³/mol. The average molecular weight is 249 g/mol. The van der Waals surface area contributed by atoms with E-state index < -0.39 is 10.2 Å². The van der Waals surface area contributed by atoms with Crippen LogP contribution < -0.4 is 10.5 Å². The average Bonchev–Trinajstić information content (AvgIpc) is 2.17. The summed E-state index contributed by atoms with van der Waals surface area (Å²) in [4.78, 5) is 11.4. The van der Waals surface area contributed by atoms with Crippen LogP contribution in [0.25, 0.3) is 0 Å². The van der Waals surface area contributed by atoms with E-state index in [9.17, 15) is 13.2 Å². The number of piperidine rings is 1. The molecule has 1 aliphatic heterocycles. The van der Waals surface area contributed by atoms with Crippen molar-refractivity contribution < 1.29 is 13.2 Å². The number of nitrogens with two attached hydrogens (primary N) is 1. The van der Waals surface area contributed by atoms with Gasteiger partial charge in [0.2, 0.25) is 5.91 Å². The first-order valence-corrected chi connectivity index (χ1v) is 6.89. The van der Waals surface area contributed by atoms with E-state index in [4.69, 9.17) is 5.14 Å². The first-order chi connectivity index (χ1) is 7.30. The smallest absolute Gasteiger partial charge is 0.276 e. The van der Waals surface area contributed by atoms with Gasteiger partial charge in [-0.05, 0) is 12.8 Å². The summed E-state index contributed by atoms with van der Waals surface area (Å²) in [6, 6.07) is 0.0629. The summed E-state index contributed by atoms with van der Waals surface area (Å²) in [5.74, 6) is -0.0367. The fourth-order valence-corrected chi connectivity index (χ4v) is 2.34. The molecule has 1 rings (SSSR count). The van der Waals surface area contributed by atoms with Gasteiger partial charge in [-0.3, -0.25) is 4.79 Å². The molecule has 1 amide bonds. The molecule has 0 atom stereocenters.